The minimum Gasteiger partial charge on any atom is -0.387 e. The first-order chi connectivity index (χ1) is 8.65. The molecule has 0 bridgehead atoms. The molecule has 0 amide bonds. The van der Waals surface area contributed by atoms with E-state index in [9.17, 15) is 5.11 Å². The third-order valence-electron chi connectivity index (χ3n) is 2.71. The van der Waals surface area contributed by atoms with Crippen molar-refractivity contribution in [3.63, 3.8) is 0 Å². The van der Waals surface area contributed by atoms with Crippen molar-refractivity contribution < 1.29 is 5.11 Å². The molecule has 0 spiro atoms. The van der Waals surface area contributed by atoms with Crippen LogP contribution in [0.15, 0.2) is 36.7 Å². The van der Waals surface area contributed by atoms with Crippen molar-refractivity contribution in [2.75, 3.05) is 11.9 Å². The van der Waals surface area contributed by atoms with Crippen LogP contribution in [-0.4, -0.2) is 21.6 Å². The fraction of sp³-hybridized carbons (Fsp3) is 0.286. The summed E-state index contributed by atoms with van der Waals surface area (Å²) in [4.78, 5) is 8.11. The minimum absolute atomic E-state index is 0.430. The first-order valence-electron chi connectivity index (χ1n) is 5.92. The van der Waals surface area contributed by atoms with Gasteiger partial charge in [0, 0.05) is 18.3 Å². The molecular weight excluding hydrogens is 226 g/mol. The summed E-state index contributed by atoms with van der Waals surface area (Å²) in [6, 6.07) is 9.71. The number of hydrogen-bond donors (Lipinski definition) is 2. The largest absolute Gasteiger partial charge is 0.387 e. The summed E-state index contributed by atoms with van der Waals surface area (Å²) in [6.45, 7) is 4.35. The Morgan fingerprint density at radius 1 is 1.22 bits per heavy atom. The van der Waals surface area contributed by atoms with E-state index in [1.54, 1.807) is 0 Å². The van der Waals surface area contributed by atoms with Crippen molar-refractivity contribution in [2.45, 2.75) is 20.0 Å². The molecule has 1 atom stereocenters. The van der Waals surface area contributed by atoms with E-state index in [0.29, 0.717) is 6.54 Å². The summed E-state index contributed by atoms with van der Waals surface area (Å²) < 4.78 is 0. The van der Waals surface area contributed by atoms with Crippen LogP contribution in [0.1, 0.15) is 22.9 Å². The number of hydrogen-bond acceptors (Lipinski definition) is 4. The lowest BCUT2D eigenvalue weighted by molar-refractivity contribution is 0.191. The molecule has 0 radical (unpaired) electrons. The molecule has 0 saturated carbocycles. The highest BCUT2D eigenvalue weighted by atomic mass is 16.3. The van der Waals surface area contributed by atoms with Crippen LogP contribution in [0.3, 0.4) is 0 Å². The van der Waals surface area contributed by atoms with E-state index in [-0.39, 0.29) is 0 Å². The van der Waals surface area contributed by atoms with Gasteiger partial charge in [-0.2, -0.15) is 0 Å². The second-order valence-corrected chi connectivity index (χ2v) is 4.36. The Morgan fingerprint density at radius 2 is 2.06 bits per heavy atom. The number of nitrogens with one attached hydrogen (secondary N) is 1. The molecule has 1 heterocycles. The number of anilines is 1. The summed E-state index contributed by atoms with van der Waals surface area (Å²) in [5.41, 5.74) is 2.95. The second kappa shape index (κ2) is 5.60. The van der Waals surface area contributed by atoms with Crippen LogP contribution in [-0.2, 0) is 0 Å². The zero-order valence-electron chi connectivity index (χ0n) is 10.6. The van der Waals surface area contributed by atoms with Crippen molar-refractivity contribution in [1.29, 1.82) is 0 Å². The van der Waals surface area contributed by atoms with Gasteiger partial charge >= 0.3 is 0 Å². The Kier molecular flexibility index (Phi) is 3.89. The van der Waals surface area contributed by atoms with Crippen molar-refractivity contribution in [3.05, 3.63) is 53.5 Å². The van der Waals surface area contributed by atoms with Crippen LogP contribution < -0.4 is 5.32 Å². The molecule has 2 rings (SSSR count). The summed E-state index contributed by atoms with van der Waals surface area (Å²) in [5, 5.41) is 13.2. The Balaban J connectivity index is 1.98. The Morgan fingerprint density at radius 3 is 2.78 bits per heavy atom. The minimum atomic E-state index is -0.542. The zero-order chi connectivity index (χ0) is 13.0. The Labute approximate surface area is 107 Å². The van der Waals surface area contributed by atoms with E-state index in [2.05, 4.69) is 15.3 Å². The topological polar surface area (TPSA) is 58.0 Å². The van der Waals surface area contributed by atoms with Gasteiger partial charge in [-0.1, -0.05) is 29.8 Å². The third kappa shape index (κ3) is 3.28. The molecule has 18 heavy (non-hydrogen) atoms. The molecule has 4 heteroatoms. The van der Waals surface area contributed by atoms with Crippen molar-refractivity contribution in [1.82, 2.24) is 9.97 Å². The average Bonchev–Trinajstić information content (AvgIpc) is 2.36. The quantitative estimate of drug-likeness (QED) is 0.864. The fourth-order valence-electron chi connectivity index (χ4n) is 1.75. The maximum atomic E-state index is 10.1. The van der Waals surface area contributed by atoms with Gasteiger partial charge in [-0.05, 0) is 19.4 Å². The van der Waals surface area contributed by atoms with Gasteiger partial charge in [-0.25, -0.2) is 9.97 Å². The summed E-state index contributed by atoms with van der Waals surface area (Å²) >= 11 is 0. The van der Waals surface area contributed by atoms with E-state index in [0.717, 1.165) is 22.6 Å². The lowest BCUT2D eigenvalue weighted by Gasteiger charge is -2.13. The molecule has 1 aromatic heterocycles. The molecule has 1 unspecified atom stereocenters. The molecule has 0 aliphatic rings. The fourth-order valence-corrected chi connectivity index (χ4v) is 1.75. The predicted octanol–water partition coefficient (Wildman–Crippen LogP) is 2.24. The first-order valence-corrected chi connectivity index (χ1v) is 5.92. The number of aliphatic hydroxyl groups is 1. The number of rotatable bonds is 4. The molecule has 94 valence electrons. The molecule has 0 fully saturated rings. The van der Waals surface area contributed by atoms with Crippen LogP contribution in [0.2, 0.25) is 0 Å². The molecule has 0 saturated heterocycles. The number of aromatic nitrogens is 2. The predicted molar refractivity (Wildman–Crippen MR) is 71.4 cm³/mol. The third-order valence-corrected chi connectivity index (χ3v) is 2.71. The number of benzene rings is 1. The van der Waals surface area contributed by atoms with Gasteiger partial charge in [0.15, 0.2) is 0 Å². The van der Waals surface area contributed by atoms with Gasteiger partial charge in [-0.3, -0.25) is 0 Å². The van der Waals surface area contributed by atoms with Crippen molar-refractivity contribution in [2.24, 2.45) is 0 Å². The smallest absolute Gasteiger partial charge is 0.129 e. The van der Waals surface area contributed by atoms with Crippen LogP contribution in [0.25, 0.3) is 0 Å². The molecular formula is C14H17N3O. The zero-order valence-corrected chi connectivity index (χ0v) is 10.6. The average molecular weight is 243 g/mol. The van der Waals surface area contributed by atoms with Crippen LogP contribution in [0, 0.1) is 13.8 Å². The van der Waals surface area contributed by atoms with Gasteiger partial charge in [0.1, 0.15) is 12.1 Å². The number of aliphatic hydroxyl groups excluding tert-OH is 1. The Hall–Kier alpha value is -1.94. The van der Waals surface area contributed by atoms with Gasteiger partial charge in [0.25, 0.3) is 0 Å². The van der Waals surface area contributed by atoms with E-state index in [1.807, 2.05) is 44.2 Å². The summed E-state index contributed by atoms with van der Waals surface area (Å²) in [7, 11) is 0. The highest BCUT2D eigenvalue weighted by Gasteiger charge is 2.07. The van der Waals surface area contributed by atoms with Crippen molar-refractivity contribution >= 4 is 5.82 Å². The van der Waals surface area contributed by atoms with E-state index < -0.39 is 6.10 Å². The molecule has 0 aliphatic heterocycles. The highest BCUT2D eigenvalue weighted by molar-refractivity contribution is 5.35. The molecule has 4 nitrogen and oxygen atoms in total. The van der Waals surface area contributed by atoms with Crippen LogP contribution >= 0.6 is 0 Å². The van der Waals surface area contributed by atoms with Gasteiger partial charge in [0.05, 0.1) is 6.10 Å². The molecule has 2 aromatic rings. The maximum absolute atomic E-state index is 10.1. The number of nitrogens with zero attached hydrogens (tertiary/aromatic N) is 2. The lowest BCUT2D eigenvalue weighted by atomic mass is 10.1. The lowest BCUT2D eigenvalue weighted by Crippen LogP contribution is -2.13. The highest BCUT2D eigenvalue weighted by Crippen LogP contribution is 2.15. The standard InChI is InChI=1S/C14H17N3O/c1-10-4-3-5-12(6-10)13(18)8-15-14-7-11(2)16-9-17-14/h3-7,9,13,18H,8H2,1-2H3,(H,15,16,17). The molecule has 0 aliphatic carbocycles. The van der Waals surface area contributed by atoms with E-state index in [1.165, 1.54) is 6.33 Å². The van der Waals surface area contributed by atoms with Gasteiger partial charge in [-0.15, -0.1) is 0 Å². The normalized spacial score (nSPS) is 12.2. The summed E-state index contributed by atoms with van der Waals surface area (Å²) in [6.07, 6.45) is 0.969. The maximum Gasteiger partial charge on any atom is 0.129 e. The van der Waals surface area contributed by atoms with Gasteiger partial charge in [0.2, 0.25) is 0 Å². The first kappa shape index (κ1) is 12.5. The second-order valence-electron chi connectivity index (χ2n) is 4.36. The van der Waals surface area contributed by atoms with E-state index in [4.69, 9.17) is 0 Å². The molecule has 2 N–H and O–H groups in total. The SMILES string of the molecule is Cc1cccc(C(O)CNc2cc(C)ncn2)c1. The summed E-state index contributed by atoms with van der Waals surface area (Å²) in [5.74, 6) is 0.731. The Bertz CT molecular complexity index is 528. The number of aryl methyl sites for hydroxylation is 2. The monoisotopic (exact) mass is 243 g/mol. The van der Waals surface area contributed by atoms with Gasteiger partial charge < -0.3 is 10.4 Å². The van der Waals surface area contributed by atoms with Crippen LogP contribution in [0.5, 0.6) is 0 Å². The molecule has 1 aromatic carbocycles. The van der Waals surface area contributed by atoms with Crippen molar-refractivity contribution in [3.8, 4) is 0 Å². The van der Waals surface area contributed by atoms with E-state index >= 15 is 0 Å². The van der Waals surface area contributed by atoms with Crippen LogP contribution in [0.4, 0.5) is 5.82 Å².